The number of anilines is 1. The number of ether oxygens (including phenoxy) is 1. The summed E-state index contributed by atoms with van der Waals surface area (Å²) in [6, 6.07) is 21.2. The molecule has 0 bridgehead atoms. The molecule has 252 valence electrons. The second-order valence-corrected chi connectivity index (χ2v) is 13.3. The number of carbonyl (C=O) groups excluding carboxylic acids is 4. The van der Waals surface area contributed by atoms with Crippen molar-refractivity contribution in [3.63, 3.8) is 0 Å². The number of carboxylic acid groups (broad SMARTS) is 1. The highest BCUT2D eigenvalue weighted by molar-refractivity contribution is 6.13. The number of nitrogens with zero attached hydrogens (tertiary/aromatic N) is 2. The van der Waals surface area contributed by atoms with E-state index in [-0.39, 0.29) is 43.9 Å². The van der Waals surface area contributed by atoms with Gasteiger partial charge in [0, 0.05) is 24.4 Å². The Morgan fingerprint density at radius 1 is 0.959 bits per heavy atom. The number of phenolic OH excluding ortho intramolecular Hbond substituents is 1. The maximum Gasteiger partial charge on any atom is 0.303 e. The molecule has 1 saturated carbocycles. The molecule has 11 nitrogen and oxygen atoms in total. The summed E-state index contributed by atoms with van der Waals surface area (Å²) in [6.45, 7) is 1.92. The molecule has 11 heteroatoms. The first-order valence-electron chi connectivity index (χ1n) is 16.5. The maximum absolute atomic E-state index is 15.2. The van der Waals surface area contributed by atoms with Gasteiger partial charge in [0.25, 0.3) is 11.8 Å². The topological polar surface area (TPSA) is 154 Å². The standard InChI is InChI=1S/C38H37N3O8/c1-21-10-12-23(13-11-21)39-41-35(46)29-20-27-25(15-16-26-32(27)36(47)40(34(26)45)18-6-9-31(43)44)33(28-19-24(49-2)14-17-30(28)42)38(29,37(41)48)22-7-4-3-5-8-22/h3-5,7-8,10-15,17,19,26-27,29,32-33,39,42H,6,9,16,18,20H2,1-2H3,(H,43,44). The van der Waals surface area contributed by atoms with Gasteiger partial charge in [-0.25, -0.2) is 0 Å². The minimum absolute atomic E-state index is 0.0117. The van der Waals surface area contributed by atoms with Crippen molar-refractivity contribution in [3.05, 3.63) is 101 Å². The number of carbonyl (C=O) groups is 5. The zero-order valence-electron chi connectivity index (χ0n) is 27.2. The number of hydrogen-bond acceptors (Lipinski definition) is 8. The van der Waals surface area contributed by atoms with E-state index in [1.807, 2.05) is 55.5 Å². The molecule has 49 heavy (non-hydrogen) atoms. The number of phenols is 1. The van der Waals surface area contributed by atoms with E-state index in [4.69, 9.17) is 9.84 Å². The highest BCUT2D eigenvalue weighted by Crippen LogP contribution is 2.65. The third-order valence-corrected chi connectivity index (χ3v) is 10.8. The number of nitrogens with one attached hydrogen (secondary N) is 1. The number of methoxy groups -OCH3 is 1. The lowest BCUT2D eigenvalue weighted by Crippen LogP contribution is -2.53. The van der Waals surface area contributed by atoms with Gasteiger partial charge in [-0.3, -0.25) is 34.3 Å². The van der Waals surface area contributed by atoms with Crippen molar-refractivity contribution in [1.82, 2.24) is 9.91 Å². The molecule has 6 unspecified atom stereocenters. The lowest BCUT2D eigenvalue weighted by atomic mass is 9.49. The van der Waals surface area contributed by atoms with Crippen molar-refractivity contribution in [2.75, 3.05) is 19.1 Å². The van der Waals surface area contributed by atoms with Crippen LogP contribution < -0.4 is 10.2 Å². The number of hydrogen-bond donors (Lipinski definition) is 3. The van der Waals surface area contributed by atoms with Crippen LogP contribution in [0.5, 0.6) is 11.5 Å². The van der Waals surface area contributed by atoms with Crippen molar-refractivity contribution < 1.29 is 38.9 Å². The van der Waals surface area contributed by atoms with Crippen LogP contribution in [-0.2, 0) is 29.4 Å². The molecular weight excluding hydrogens is 626 g/mol. The third-order valence-electron chi connectivity index (χ3n) is 10.8. The molecular formula is C38H37N3O8. The molecule has 2 aliphatic heterocycles. The lowest BCUT2D eigenvalue weighted by Gasteiger charge is -2.50. The number of rotatable bonds is 9. The Morgan fingerprint density at radius 2 is 1.69 bits per heavy atom. The molecule has 4 amide bonds. The van der Waals surface area contributed by atoms with Gasteiger partial charge in [0.15, 0.2) is 0 Å². The number of carboxylic acids is 1. The molecule has 7 rings (SSSR count). The largest absolute Gasteiger partial charge is 0.508 e. The summed E-state index contributed by atoms with van der Waals surface area (Å²) in [5.41, 5.74) is 4.75. The Hall–Kier alpha value is -5.45. The molecule has 0 spiro atoms. The minimum atomic E-state index is -1.53. The van der Waals surface area contributed by atoms with Crippen LogP contribution in [0.4, 0.5) is 5.69 Å². The Balaban J connectivity index is 1.41. The van der Waals surface area contributed by atoms with E-state index in [2.05, 4.69) is 5.43 Å². The maximum atomic E-state index is 15.2. The van der Waals surface area contributed by atoms with Gasteiger partial charge in [0.1, 0.15) is 11.5 Å². The fourth-order valence-electron chi connectivity index (χ4n) is 8.66. The number of likely N-dealkylation sites (tertiary alicyclic amines) is 1. The van der Waals surface area contributed by atoms with Crippen molar-refractivity contribution in [1.29, 1.82) is 0 Å². The van der Waals surface area contributed by atoms with E-state index < -0.39 is 58.7 Å². The fourth-order valence-corrected chi connectivity index (χ4v) is 8.66. The highest BCUT2D eigenvalue weighted by atomic mass is 16.5. The molecule has 3 fully saturated rings. The van der Waals surface area contributed by atoms with E-state index in [9.17, 15) is 24.3 Å². The summed E-state index contributed by atoms with van der Waals surface area (Å²) < 4.78 is 5.56. The average molecular weight is 664 g/mol. The summed E-state index contributed by atoms with van der Waals surface area (Å²) in [6.07, 6.45) is 2.20. The normalized spacial score (nSPS) is 27.4. The predicted octanol–water partition coefficient (Wildman–Crippen LogP) is 4.56. The van der Waals surface area contributed by atoms with Crippen LogP contribution in [0.15, 0.2) is 84.4 Å². The first-order chi connectivity index (χ1) is 23.6. The van der Waals surface area contributed by atoms with Gasteiger partial charge in [0.2, 0.25) is 11.8 Å². The van der Waals surface area contributed by atoms with Crippen molar-refractivity contribution in [2.24, 2.45) is 23.7 Å². The second-order valence-electron chi connectivity index (χ2n) is 13.3. The van der Waals surface area contributed by atoms with Gasteiger partial charge in [0.05, 0.1) is 36.0 Å². The zero-order chi connectivity index (χ0) is 34.6. The number of amides is 4. The molecule has 3 aromatic carbocycles. The molecule has 0 aromatic heterocycles. The number of allylic oxidation sites excluding steroid dienone is 2. The number of hydrazine groups is 1. The summed E-state index contributed by atoms with van der Waals surface area (Å²) in [4.78, 5) is 69.9. The molecule has 3 N–H and O–H groups in total. The van der Waals surface area contributed by atoms with Crippen LogP contribution in [0.2, 0.25) is 0 Å². The van der Waals surface area contributed by atoms with Crippen molar-refractivity contribution in [3.8, 4) is 11.5 Å². The number of aryl methyl sites for hydroxylation is 1. The SMILES string of the molecule is COc1ccc(O)c(C2C3=CCC4C(=O)N(CCCC(=O)O)C(=O)C4C3CC3C(=O)N(Nc4ccc(C)cc4)C(=O)C32c2ccccc2)c1. The van der Waals surface area contributed by atoms with Gasteiger partial charge >= 0.3 is 5.97 Å². The number of benzene rings is 3. The first-order valence-corrected chi connectivity index (χ1v) is 16.5. The number of imide groups is 2. The van der Waals surface area contributed by atoms with E-state index in [0.29, 0.717) is 28.1 Å². The van der Waals surface area contributed by atoms with E-state index >= 15 is 4.79 Å². The molecule has 3 aromatic rings. The first kappa shape index (κ1) is 32.1. The van der Waals surface area contributed by atoms with Crippen LogP contribution >= 0.6 is 0 Å². The Bertz CT molecular complexity index is 1890. The monoisotopic (exact) mass is 663 g/mol. The summed E-state index contributed by atoms with van der Waals surface area (Å²) in [5, 5.41) is 21.7. The van der Waals surface area contributed by atoms with Crippen LogP contribution in [0, 0.1) is 30.6 Å². The number of aromatic hydroxyl groups is 1. The van der Waals surface area contributed by atoms with Gasteiger partial charge in [-0.05, 0) is 68.0 Å². The van der Waals surface area contributed by atoms with E-state index in [0.717, 1.165) is 10.6 Å². The molecule has 2 aliphatic carbocycles. The van der Waals surface area contributed by atoms with E-state index in [1.54, 1.807) is 24.3 Å². The van der Waals surface area contributed by atoms with Gasteiger partial charge in [-0.2, -0.15) is 5.01 Å². The lowest BCUT2D eigenvalue weighted by molar-refractivity contribution is -0.142. The number of aliphatic carboxylic acids is 1. The zero-order valence-corrected chi connectivity index (χ0v) is 27.2. The molecule has 6 atom stereocenters. The smallest absolute Gasteiger partial charge is 0.303 e. The van der Waals surface area contributed by atoms with E-state index in [1.165, 1.54) is 18.1 Å². The van der Waals surface area contributed by atoms with Crippen LogP contribution in [0.25, 0.3) is 0 Å². The Labute approximate surface area is 283 Å². The highest BCUT2D eigenvalue weighted by Gasteiger charge is 2.70. The minimum Gasteiger partial charge on any atom is -0.508 e. The summed E-state index contributed by atoms with van der Waals surface area (Å²) >= 11 is 0. The Kier molecular flexibility index (Phi) is 8.01. The molecule has 2 saturated heterocycles. The second kappa shape index (κ2) is 12.2. The third kappa shape index (κ3) is 4.98. The Morgan fingerprint density at radius 3 is 2.39 bits per heavy atom. The average Bonchev–Trinajstić information content (AvgIpc) is 3.47. The van der Waals surface area contributed by atoms with Crippen LogP contribution in [-0.4, -0.2) is 63.4 Å². The molecule has 2 heterocycles. The summed E-state index contributed by atoms with van der Waals surface area (Å²) in [5.74, 6) is -6.36. The molecule has 0 radical (unpaired) electrons. The van der Waals surface area contributed by atoms with Crippen LogP contribution in [0.1, 0.15) is 48.3 Å². The van der Waals surface area contributed by atoms with Gasteiger partial charge < -0.3 is 14.9 Å². The predicted molar refractivity (Wildman–Crippen MR) is 177 cm³/mol. The van der Waals surface area contributed by atoms with Gasteiger partial charge in [-0.1, -0.05) is 59.7 Å². The van der Waals surface area contributed by atoms with Gasteiger partial charge in [-0.15, -0.1) is 0 Å². The van der Waals surface area contributed by atoms with Crippen molar-refractivity contribution >= 4 is 35.3 Å². The fraction of sp³-hybridized carbons (Fsp3) is 0.342. The van der Waals surface area contributed by atoms with Crippen LogP contribution in [0.3, 0.4) is 0 Å². The molecule has 4 aliphatic rings. The number of fused-ring (bicyclic) bond motifs is 4. The summed E-state index contributed by atoms with van der Waals surface area (Å²) in [7, 11) is 1.50. The van der Waals surface area contributed by atoms with Crippen molar-refractivity contribution in [2.45, 2.75) is 43.9 Å². The quantitative estimate of drug-likeness (QED) is 0.221.